The van der Waals surface area contributed by atoms with E-state index in [0.29, 0.717) is 5.56 Å². The van der Waals surface area contributed by atoms with E-state index in [-0.39, 0.29) is 13.0 Å². The van der Waals surface area contributed by atoms with Crippen molar-refractivity contribution >= 4 is 11.9 Å². The van der Waals surface area contributed by atoms with Gasteiger partial charge in [-0.25, -0.2) is 0 Å². The number of alkyl halides is 3. The zero-order chi connectivity index (χ0) is 21.4. The number of ether oxygens (including phenoxy) is 2. The van der Waals surface area contributed by atoms with E-state index in [4.69, 9.17) is 9.47 Å². The first-order valence-corrected chi connectivity index (χ1v) is 9.04. The molecule has 0 aliphatic rings. The summed E-state index contributed by atoms with van der Waals surface area (Å²) in [6.45, 7) is 8.40. The molecule has 156 valence electrons. The molecule has 0 heterocycles. The molecule has 0 aliphatic heterocycles. The zero-order valence-corrected chi connectivity index (χ0v) is 16.4. The molecular formula is C21H27F3O4. The number of hydrogen-bond acceptors (Lipinski definition) is 4. The van der Waals surface area contributed by atoms with Crippen LogP contribution in [0.5, 0.6) is 0 Å². The molecule has 2 atom stereocenters. The predicted octanol–water partition coefficient (Wildman–Crippen LogP) is 5.22. The summed E-state index contributed by atoms with van der Waals surface area (Å²) in [6, 6.07) is 8.76. The van der Waals surface area contributed by atoms with E-state index in [0.717, 1.165) is 0 Å². The molecule has 1 aromatic carbocycles. The molecule has 0 unspecified atom stereocenters. The predicted molar refractivity (Wildman–Crippen MR) is 99.2 cm³/mol. The van der Waals surface area contributed by atoms with Gasteiger partial charge in [0.2, 0.25) is 0 Å². The lowest BCUT2D eigenvalue weighted by atomic mass is 9.85. The first-order chi connectivity index (χ1) is 12.9. The van der Waals surface area contributed by atoms with Gasteiger partial charge >= 0.3 is 18.1 Å². The van der Waals surface area contributed by atoms with Crippen LogP contribution in [0.15, 0.2) is 43.0 Å². The topological polar surface area (TPSA) is 52.6 Å². The second kappa shape index (κ2) is 10.3. The zero-order valence-electron chi connectivity index (χ0n) is 16.4. The second-order valence-corrected chi connectivity index (χ2v) is 7.52. The minimum atomic E-state index is -4.45. The Balaban J connectivity index is 2.99. The quantitative estimate of drug-likeness (QED) is 0.421. The Morgan fingerprint density at radius 2 is 1.68 bits per heavy atom. The molecule has 1 rings (SSSR count). The van der Waals surface area contributed by atoms with Crippen LogP contribution in [0.4, 0.5) is 13.2 Å². The van der Waals surface area contributed by atoms with E-state index >= 15 is 0 Å². The average molecular weight is 400 g/mol. The lowest BCUT2D eigenvalue weighted by molar-refractivity contribution is -0.172. The van der Waals surface area contributed by atoms with Crippen LogP contribution in [0, 0.1) is 11.8 Å². The van der Waals surface area contributed by atoms with Crippen LogP contribution < -0.4 is 0 Å². The molecule has 0 fully saturated rings. The van der Waals surface area contributed by atoms with Gasteiger partial charge in [-0.1, -0.05) is 36.4 Å². The van der Waals surface area contributed by atoms with Crippen molar-refractivity contribution in [2.45, 2.75) is 58.4 Å². The minimum absolute atomic E-state index is 0.0118. The SMILES string of the molecule is C=CC[C@H](C(=O)OC(C)(C)C)[C@@H](CCC(F)(F)F)C(=O)OCc1ccccc1. The fraction of sp³-hybridized carbons (Fsp3) is 0.524. The first-order valence-electron chi connectivity index (χ1n) is 9.04. The van der Waals surface area contributed by atoms with Crippen LogP contribution >= 0.6 is 0 Å². The fourth-order valence-corrected chi connectivity index (χ4v) is 2.62. The van der Waals surface area contributed by atoms with E-state index in [1.807, 2.05) is 0 Å². The second-order valence-electron chi connectivity index (χ2n) is 7.52. The largest absolute Gasteiger partial charge is 0.461 e. The fourth-order valence-electron chi connectivity index (χ4n) is 2.62. The Bertz CT molecular complexity index is 648. The number of hydrogen-bond donors (Lipinski definition) is 0. The van der Waals surface area contributed by atoms with Crippen LogP contribution in [0.3, 0.4) is 0 Å². The number of rotatable bonds is 9. The molecule has 1 aromatic rings. The molecule has 0 aliphatic carbocycles. The number of carbonyl (C=O) groups is 2. The third-order valence-electron chi connectivity index (χ3n) is 3.88. The highest BCUT2D eigenvalue weighted by atomic mass is 19.4. The molecule has 0 bridgehead atoms. The molecule has 28 heavy (non-hydrogen) atoms. The summed E-state index contributed by atoms with van der Waals surface area (Å²) in [4.78, 5) is 25.1. The summed E-state index contributed by atoms with van der Waals surface area (Å²) in [7, 11) is 0. The van der Waals surface area contributed by atoms with Gasteiger partial charge in [-0.05, 0) is 39.2 Å². The first kappa shape index (κ1) is 23.7. The standard InChI is InChI=1S/C21H27F3O4/c1-5-9-16(19(26)28-20(2,3)4)17(12-13-21(22,23)24)18(25)27-14-15-10-7-6-8-11-15/h5-8,10-11,16-17H,1,9,12-14H2,2-4H3/t16-,17+/m0/s1. The van der Waals surface area contributed by atoms with Crippen molar-refractivity contribution in [2.75, 3.05) is 0 Å². The maximum absolute atomic E-state index is 12.8. The van der Waals surface area contributed by atoms with Crippen molar-refractivity contribution < 1.29 is 32.2 Å². The highest BCUT2D eigenvalue weighted by molar-refractivity contribution is 5.82. The Hall–Kier alpha value is -2.31. The lowest BCUT2D eigenvalue weighted by Crippen LogP contribution is -2.36. The van der Waals surface area contributed by atoms with E-state index < -0.39 is 48.4 Å². The van der Waals surface area contributed by atoms with Gasteiger partial charge in [-0.2, -0.15) is 13.2 Å². The van der Waals surface area contributed by atoms with Gasteiger partial charge < -0.3 is 9.47 Å². The van der Waals surface area contributed by atoms with Gasteiger partial charge in [-0.3, -0.25) is 9.59 Å². The van der Waals surface area contributed by atoms with Crippen LogP contribution in [0.25, 0.3) is 0 Å². The molecule has 0 saturated heterocycles. The van der Waals surface area contributed by atoms with Gasteiger partial charge in [0, 0.05) is 6.42 Å². The average Bonchev–Trinajstić information content (AvgIpc) is 2.57. The molecule has 7 heteroatoms. The van der Waals surface area contributed by atoms with Crippen molar-refractivity contribution in [1.82, 2.24) is 0 Å². The molecule has 0 N–H and O–H groups in total. The van der Waals surface area contributed by atoms with Crippen molar-refractivity contribution in [2.24, 2.45) is 11.8 Å². The molecule has 0 amide bonds. The smallest absolute Gasteiger partial charge is 0.389 e. The monoisotopic (exact) mass is 400 g/mol. The van der Waals surface area contributed by atoms with E-state index in [1.54, 1.807) is 51.1 Å². The maximum atomic E-state index is 12.8. The molecule has 0 spiro atoms. The van der Waals surface area contributed by atoms with Gasteiger partial charge in [0.05, 0.1) is 11.8 Å². The Kier molecular flexibility index (Phi) is 8.72. The van der Waals surface area contributed by atoms with Gasteiger partial charge in [0.15, 0.2) is 0 Å². The number of carbonyl (C=O) groups excluding carboxylic acids is 2. The molecule has 0 aromatic heterocycles. The summed E-state index contributed by atoms with van der Waals surface area (Å²) in [5.41, 5.74) is -0.137. The number of allylic oxidation sites excluding steroid dienone is 1. The third-order valence-corrected chi connectivity index (χ3v) is 3.88. The lowest BCUT2D eigenvalue weighted by Gasteiger charge is -2.28. The minimum Gasteiger partial charge on any atom is -0.461 e. The third kappa shape index (κ3) is 9.06. The summed E-state index contributed by atoms with van der Waals surface area (Å²) in [6.07, 6.45) is -4.81. The van der Waals surface area contributed by atoms with Crippen molar-refractivity contribution in [3.63, 3.8) is 0 Å². The summed E-state index contributed by atoms with van der Waals surface area (Å²) in [5, 5.41) is 0. The Labute approximate surface area is 163 Å². The van der Waals surface area contributed by atoms with E-state index in [1.165, 1.54) is 6.08 Å². The number of esters is 2. The van der Waals surface area contributed by atoms with Crippen LogP contribution in [0.2, 0.25) is 0 Å². The Morgan fingerprint density at radius 1 is 1.07 bits per heavy atom. The van der Waals surface area contributed by atoms with E-state index in [2.05, 4.69) is 6.58 Å². The summed E-state index contributed by atoms with van der Waals surface area (Å²) in [5.74, 6) is -3.97. The van der Waals surface area contributed by atoms with Gasteiger partial charge in [-0.15, -0.1) is 6.58 Å². The summed E-state index contributed by atoms with van der Waals surface area (Å²) >= 11 is 0. The van der Waals surface area contributed by atoms with Crippen LogP contribution in [0.1, 0.15) is 45.6 Å². The van der Waals surface area contributed by atoms with E-state index in [9.17, 15) is 22.8 Å². The number of benzene rings is 1. The highest BCUT2D eigenvalue weighted by Crippen LogP contribution is 2.31. The van der Waals surface area contributed by atoms with Crippen LogP contribution in [-0.2, 0) is 25.7 Å². The molecular weight excluding hydrogens is 373 g/mol. The molecule has 0 radical (unpaired) electrons. The molecule has 4 nitrogen and oxygen atoms in total. The van der Waals surface area contributed by atoms with Gasteiger partial charge in [0.25, 0.3) is 0 Å². The summed E-state index contributed by atoms with van der Waals surface area (Å²) < 4.78 is 48.8. The molecule has 0 saturated carbocycles. The normalized spacial score (nSPS) is 14.1. The van der Waals surface area contributed by atoms with Crippen LogP contribution in [-0.4, -0.2) is 23.7 Å². The number of halogens is 3. The van der Waals surface area contributed by atoms with Crippen molar-refractivity contribution in [1.29, 1.82) is 0 Å². The van der Waals surface area contributed by atoms with Crippen molar-refractivity contribution in [3.05, 3.63) is 48.6 Å². The Morgan fingerprint density at radius 3 is 2.18 bits per heavy atom. The highest BCUT2D eigenvalue weighted by Gasteiger charge is 2.39. The van der Waals surface area contributed by atoms with Crippen molar-refractivity contribution in [3.8, 4) is 0 Å². The van der Waals surface area contributed by atoms with Gasteiger partial charge in [0.1, 0.15) is 12.2 Å². The maximum Gasteiger partial charge on any atom is 0.389 e.